The molecule has 0 saturated carbocycles. The summed E-state index contributed by atoms with van der Waals surface area (Å²) in [5.41, 5.74) is 1.49. The molecule has 0 aliphatic carbocycles. The number of aromatic amines is 1. The lowest BCUT2D eigenvalue weighted by Gasteiger charge is -2.17. The third-order valence-electron chi connectivity index (χ3n) is 2.63. The number of aromatic nitrogens is 2. The number of fused-ring (bicyclic) bond motifs is 1. The molecule has 6 heteroatoms. The lowest BCUT2D eigenvalue weighted by atomic mass is 10.0. The van der Waals surface area contributed by atoms with E-state index in [9.17, 15) is 15.0 Å². The van der Waals surface area contributed by atoms with Crippen LogP contribution in [0.5, 0.6) is 0 Å². The first-order valence-corrected chi connectivity index (χ1v) is 6.49. The van der Waals surface area contributed by atoms with Gasteiger partial charge >= 0.3 is 0 Å². The van der Waals surface area contributed by atoms with Crippen LogP contribution in [0.2, 0.25) is 0 Å². The summed E-state index contributed by atoms with van der Waals surface area (Å²) < 4.78 is 0. The van der Waals surface area contributed by atoms with Crippen molar-refractivity contribution in [3.8, 4) is 0 Å². The predicted molar refractivity (Wildman–Crippen MR) is 70.2 cm³/mol. The molecule has 0 amide bonds. The van der Waals surface area contributed by atoms with E-state index in [0.29, 0.717) is 5.56 Å². The number of nitrogens with zero attached hydrogens (tertiary/aromatic N) is 1. The van der Waals surface area contributed by atoms with E-state index >= 15 is 0 Å². The van der Waals surface area contributed by atoms with Crippen LogP contribution in [0.1, 0.15) is 18.6 Å². The van der Waals surface area contributed by atoms with Gasteiger partial charge in [0.15, 0.2) is 5.12 Å². The van der Waals surface area contributed by atoms with Crippen molar-refractivity contribution in [2.45, 2.75) is 19.1 Å². The number of hydrogen-bond acceptors (Lipinski definition) is 5. The Morgan fingerprint density at radius 2 is 2.28 bits per heavy atom. The molecule has 0 radical (unpaired) electrons. The van der Waals surface area contributed by atoms with E-state index in [-0.39, 0.29) is 10.9 Å². The van der Waals surface area contributed by atoms with Gasteiger partial charge in [0.2, 0.25) is 0 Å². The first-order chi connectivity index (χ1) is 8.58. The second-order valence-corrected chi connectivity index (χ2v) is 5.23. The summed E-state index contributed by atoms with van der Waals surface area (Å²) in [4.78, 5) is 10.8. The van der Waals surface area contributed by atoms with E-state index in [0.717, 1.165) is 22.7 Å². The Hall–Kier alpha value is -1.37. The van der Waals surface area contributed by atoms with Crippen LogP contribution in [0.15, 0.2) is 24.4 Å². The second kappa shape index (κ2) is 5.51. The Morgan fingerprint density at radius 1 is 1.50 bits per heavy atom. The Morgan fingerprint density at radius 3 is 3.00 bits per heavy atom. The smallest absolute Gasteiger partial charge is 0.185 e. The number of benzene rings is 1. The van der Waals surface area contributed by atoms with Gasteiger partial charge in [0, 0.05) is 18.1 Å². The average Bonchev–Trinajstić information content (AvgIpc) is 2.81. The van der Waals surface area contributed by atoms with Crippen molar-refractivity contribution in [3.05, 3.63) is 30.0 Å². The summed E-state index contributed by atoms with van der Waals surface area (Å²) in [6.45, 7) is 1.43. The highest BCUT2D eigenvalue weighted by atomic mass is 32.2. The maximum atomic E-state index is 10.8. The van der Waals surface area contributed by atoms with E-state index in [2.05, 4.69) is 10.2 Å². The molecule has 0 fully saturated rings. The normalized spacial score (nSPS) is 14.6. The molecule has 5 nitrogen and oxygen atoms in total. The van der Waals surface area contributed by atoms with Gasteiger partial charge in [-0.05, 0) is 17.7 Å². The minimum absolute atomic E-state index is 0.0773. The van der Waals surface area contributed by atoms with Crippen molar-refractivity contribution in [3.63, 3.8) is 0 Å². The van der Waals surface area contributed by atoms with Crippen molar-refractivity contribution in [1.82, 2.24) is 10.2 Å². The number of hydrogen-bond donors (Lipinski definition) is 3. The molecule has 3 N–H and O–H groups in total. The Labute approximate surface area is 108 Å². The highest BCUT2D eigenvalue weighted by molar-refractivity contribution is 8.13. The molecule has 2 unspecified atom stereocenters. The third-order valence-corrected chi connectivity index (χ3v) is 3.54. The van der Waals surface area contributed by atoms with Crippen molar-refractivity contribution >= 4 is 27.8 Å². The lowest BCUT2D eigenvalue weighted by molar-refractivity contribution is -0.109. The number of carbonyl (C=O) groups excluding carboxylic acids is 1. The Bertz CT molecular complexity index is 555. The van der Waals surface area contributed by atoms with Gasteiger partial charge in [-0.2, -0.15) is 5.10 Å². The quantitative estimate of drug-likeness (QED) is 0.775. The highest BCUT2D eigenvalue weighted by Gasteiger charge is 2.19. The van der Waals surface area contributed by atoms with Gasteiger partial charge in [0.1, 0.15) is 6.10 Å². The third kappa shape index (κ3) is 2.90. The fourth-order valence-electron chi connectivity index (χ4n) is 1.66. The van der Waals surface area contributed by atoms with E-state index in [1.165, 1.54) is 6.92 Å². The largest absolute Gasteiger partial charge is 0.389 e. The molecule has 2 aromatic rings. The molecule has 0 aliphatic rings. The molecule has 18 heavy (non-hydrogen) atoms. The zero-order valence-electron chi connectivity index (χ0n) is 9.83. The summed E-state index contributed by atoms with van der Waals surface area (Å²) in [6, 6.07) is 5.30. The van der Waals surface area contributed by atoms with Crippen LogP contribution in [0, 0.1) is 0 Å². The van der Waals surface area contributed by atoms with E-state index in [4.69, 9.17) is 0 Å². The molecule has 0 spiro atoms. The maximum absolute atomic E-state index is 10.8. The van der Waals surface area contributed by atoms with Gasteiger partial charge in [-0.25, -0.2) is 0 Å². The van der Waals surface area contributed by atoms with Crippen LogP contribution in [0.3, 0.4) is 0 Å². The van der Waals surface area contributed by atoms with Crippen molar-refractivity contribution < 1.29 is 15.0 Å². The van der Waals surface area contributed by atoms with E-state index < -0.39 is 12.2 Å². The van der Waals surface area contributed by atoms with Crippen LogP contribution in [0.4, 0.5) is 0 Å². The lowest BCUT2D eigenvalue weighted by Crippen LogP contribution is -2.21. The van der Waals surface area contributed by atoms with Crippen LogP contribution in [0.25, 0.3) is 10.9 Å². The predicted octanol–water partition coefficient (Wildman–Crippen LogP) is 1.24. The number of H-pyrrole nitrogens is 1. The molecule has 1 aromatic heterocycles. The molecule has 0 bridgehead atoms. The van der Waals surface area contributed by atoms with Crippen LogP contribution in [-0.2, 0) is 4.79 Å². The Kier molecular flexibility index (Phi) is 4.00. The van der Waals surface area contributed by atoms with Crippen molar-refractivity contribution in [2.75, 3.05) is 5.75 Å². The van der Waals surface area contributed by atoms with Crippen LogP contribution in [-0.4, -0.2) is 37.4 Å². The SMILES string of the molecule is CC(=O)SCC(O)C(O)c1ccc2[nH]ncc2c1. The molecule has 96 valence electrons. The van der Waals surface area contributed by atoms with Crippen molar-refractivity contribution in [2.24, 2.45) is 0 Å². The maximum Gasteiger partial charge on any atom is 0.185 e. The number of thioether (sulfide) groups is 1. The first kappa shape index (κ1) is 13.1. The van der Waals surface area contributed by atoms with E-state index in [1.54, 1.807) is 24.4 Å². The van der Waals surface area contributed by atoms with Gasteiger partial charge in [-0.15, -0.1) is 0 Å². The number of rotatable bonds is 4. The van der Waals surface area contributed by atoms with Gasteiger partial charge in [-0.1, -0.05) is 17.8 Å². The standard InChI is InChI=1S/C12H14N2O3S/c1-7(15)18-6-11(16)12(17)8-2-3-10-9(4-8)5-13-14-10/h2-5,11-12,16-17H,6H2,1H3,(H,13,14). The van der Waals surface area contributed by atoms with Crippen LogP contribution < -0.4 is 0 Å². The monoisotopic (exact) mass is 266 g/mol. The first-order valence-electron chi connectivity index (χ1n) is 5.50. The highest BCUT2D eigenvalue weighted by Crippen LogP contribution is 2.23. The molecule has 0 saturated heterocycles. The molecular weight excluding hydrogens is 252 g/mol. The average molecular weight is 266 g/mol. The summed E-state index contributed by atoms with van der Waals surface area (Å²) in [5.74, 6) is 0.180. The van der Waals surface area contributed by atoms with Gasteiger partial charge in [0.05, 0.1) is 17.8 Å². The second-order valence-electron chi connectivity index (χ2n) is 4.03. The Balaban J connectivity index is 2.11. The molecule has 0 aliphatic heterocycles. The number of aliphatic hydroxyl groups is 2. The molecule has 2 rings (SSSR count). The summed E-state index contributed by atoms with van der Waals surface area (Å²) in [5, 5.41) is 27.3. The fraction of sp³-hybridized carbons (Fsp3) is 0.333. The number of carbonyl (C=O) groups is 1. The minimum Gasteiger partial charge on any atom is -0.389 e. The zero-order chi connectivity index (χ0) is 13.1. The number of nitrogens with one attached hydrogen (secondary N) is 1. The molecule has 1 aromatic carbocycles. The van der Waals surface area contributed by atoms with Crippen molar-refractivity contribution in [1.29, 1.82) is 0 Å². The molecule has 2 atom stereocenters. The molecular formula is C12H14N2O3S. The van der Waals surface area contributed by atoms with Crippen LogP contribution >= 0.6 is 11.8 Å². The zero-order valence-corrected chi connectivity index (χ0v) is 10.6. The summed E-state index contributed by atoms with van der Waals surface area (Å²) >= 11 is 1.00. The van der Waals surface area contributed by atoms with Gasteiger partial charge < -0.3 is 10.2 Å². The molecule has 1 heterocycles. The number of aliphatic hydroxyl groups excluding tert-OH is 2. The van der Waals surface area contributed by atoms with Gasteiger partial charge in [0.25, 0.3) is 0 Å². The summed E-state index contributed by atoms with van der Waals surface area (Å²) in [6.07, 6.45) is -0.318. The van der Waals surface area contributed by atoms with Gasteiger partial charge in [-0.3, -0.25) is 9.89 Å². The minimum atomic E-state index is -1.00. The van der Waals surface area contributed by atoms with E-state index in [1.807, 2.05) is 0 Å². The fourth-order valence-corrected chi connectivity index (χ4v) is 2.25. The summed E-state index contributed by atoms with van der Waals surface area (Å²) in [7, 11) is 0. The topological polar surface area (TPSA) is 86.2 Å².